The summed E-state index contributed by atoms with van der Waals surface area (Å²) in [6.07, 6.45) is -3.74. The predicted molar refractivity (Wildman–Crippen MR) is 45.4 cm³/mol. The Morgan fingerprint density at radius 2 is 2.07 bits per heavy atom. The lowest BCUT2D eigenvalue weighted by molar-refractivity contribution is -0.254. The van der Waals surface area contributed by atoms with Gasteiger partial charge in [-0.05, 0) is 6.92 Å². The highest BCUT2D eigenvalue weighted by Gasteiger charge is 2.53. The Morgan fingerprint density at radius 1 is 1.43 bits per heavy atom. The summed E-state index contributed by atoms with van der Waals surface area (Å²) in [7, 11) is 0. The first-order chi connectivity index (χ1) is 6.55. The Labute approximate surface area is 81.7 Å². The summed E-state index contributed by atoms with van der Waals surface area (Å²) in [6, 6.07) is 0. The first-order valence-corrected chi connectivity index (χ1v) is 4.50. The van der Waals surface area contributed by atoms with E-state index in [0.717, 1.165) is 0 Å². The second-order valence-electron chi connectivity index (χ2n) is 3.26. The summed E-state index contributed by atoms with van der Waals surface area (Å²) < 4.78 is 9.81. The molecule has 1 rings (SSSR count). The van der Waals surface area contributed by atoms with Crippen LogP contribution < -0.4 is 0 Å². The molecule has 0 saturated carbocycles. The van der Waals surface area contributed by atoms with E-state index >= 15 is 0 Å². The van der Waals surface area contributed by atoms with E-state index in [1.165, 1.54) is 0 Å². The Kier molecular flexibility index (Phi) is 3.82. The van der Waals surface area contributed by atoms with Gasteiger partial charge in [0.15, 0.2) is 0 Å². The summed E-state index contributed by atoms with van der Waals surface area (Å²) >= 11 is 0. The minimum absolute atomic E-state index is 0.238. The Balaban J connectivity index is 2.61. The fourth-order valence-electron chi connectivity index (χ4n) is 1.38. The molecule has 1 saturated heterocycles. The van der Waals surface area contributed by atoms with Gasteiger partial charge in [-0.2, -0.15) is 0 Å². The van der Waals surface area contributed by atoms with Crippen LogP contribution in [0, 0.1) is 0 Å². The van der Waals surface area contributed by atoms with Gasteiger partial charge in [0.25, 0.3) is 0 Å². The highest BCUT2D eigenvalue weighted by Crippen LogP contribution is 2.29. The van der Waals surface area contributed by atoms with Gasteiger partial charge in [0.2, 0.25) is 5.79 Å². The monoisotopic (exact) mass is 208 g/mol. The molecule has 1 fully saturated rings. The van der Waals surface area contributed by atoms with Crippen molar-refractivity contribution in [1.82, 2.24) is 0 Å². The zero-order valence-corrected chi connectivity index (χ0v) is 7.96. The third kappa shape index (κ3) is 2.05. The van der Waals surface area contributed by atoms with Crippen LogP contribution in [0.1, 0.15) is 6.92 Å². The van der Waals surface area contributed by atoms with E-state index in [1.54, 1.807) is 6.92 Å². The van der Waals surface area contributed by atoms with E-state index in [4.69, 9.17) is 14.6 Å². The largest absolute Gasteiger partial charge is 0.394 e. The second kappa shape index (κ2) is 4.52. The standard InChI is InChI=1S/C8H16O6/c1-2-13-4-8(12)7(11)6(10)5(3-9)14-8/h5-7,9-12H,2-4H2,1H3/t5-,6-,7+,8?/m1/s1. The second-order valence-corrected chi connectivity index (χ2v) is 3.26. The van der Waals surface area contributed by atoms with Gasteiger partial charge < -0.3 is 29.9 Å². The van der Waals surface area contributed by atoms with Crippen LogP contribution in [-0.2, 0) is 9.47 Å². The molecule has 14 heavy (non-hydrogen) atoms. The average molecular weight is 208 g/mol. The van der Waals surface area contributed by atoms with Crippen LogP contribution in [0.15, 0.2) is 0 Å². The maximum absolute atomic E-state index is 9.69. The lowest BCUT2D eigenvalue weighted by atomic mass is 10.1. The molecule has 4 N–H and O–H groups in total. The van der Waals surface area contributed by atoms with Crippen molar-refractivity contribution in [2.24, 2.45) is 0 Å². The number of aliphatic hydroxyl groups excluding tert-OH is 3. The number of aliphatic hydroxyl groups is 4. The van der Waals surface area contributed by atoms with Crippen LogP contribution in [0.25, 0.3) is 0 Å². The molecule has 1 aliphatic heterocycles. The Morgan fingerprint density at radius 3 is 2.50 bits per heavy atom. The molecule has 0 radical (unpaired) electrons. The van der Waals surface area contributed by atoms with Crippen LogP contribution in [0.3, 0.4) is 0 Å². The van der Waals surface area contributed by atoms with Gasteiger partial charge in [0, 0.05) is 6.61 Å². The van der Waals surface area contributed by atoms with E-state index in [9.17, 15) is 15.3 Å². The molecule has 6 heteroatoms. The third-order valence-corrected chi connectivity index (χ3v) is 2.21. The lowest BCUT2D eigenvalue weighted by Gasteiger charge is -2.25. The van der Waals surface area contributed by atoms with Crippen molar-refractivity contribution >= 4 is 0 Å². The highest BCUT2D eigenvalue weighted by atomic mass is 16.7. The molecule has 0 spiro atoms. The molecule has 1 heterocycles. The van der Waals surface area contributed by atoms with Gasteiger partial charge in [-0.15, -0.1) is 0 Å². The molecule has 4 atom stereocenters. The van der Waals surface area contributed by atoms with Crippen molar-refractivity contribution in [3.63, 3.8) is 0 Å². The van der Waals surface area contributed by atoms with Crippen molar-refractivity contribution in [2.75, 3.05) is 19.8 Å². The fourth-order valence-corrected chi connectivity index (χ4v) is 1.38. The van der Waals surface area contributed by atoms with Crippen molar-refractivity contribution in [2.45, 2.75) is 31.0 Å². The molecule has 1 aliphatic rings. The zero-order valence-electron chi connectivity index (χ0n) is 7.96. The van der Waals surface area contributed by atoms with Crippen LogP contribution in [0.4, 0.5) is 0 Å². The van der Waals surface area contributed by atoms with Gasteiger partial charge in [-0.25, -0.2) is 0 Å². The zero-order chi connectivity index (χ0) is 10.8. The summed E-state index contributed by atoms with van der Waals surface area (Å²) in [6.45, 7) is 1.38. The smallest absolute Gasteiger partial charge is 0.219 e. The number of hydrogen-bond acceptors (Lipinski definition) is 6. The maximum atomic E-state index is 9.69. The van der Waals surface area contributed by atoms with Crippen molar-refractivity contribution in [3.05, 3.63) is 0 Å². The number of rotatable bonds is 4. The van der Waals surface area contributed by atoms with Crippen molar-refractivity contribution < 1.29 is 29.9 Å². The molecule has 0 aromatic heterocycles. The van der Waals surface area contributed by atoms with Gasteiger partial charge in [0.1, 0.15) is 24.9 Å². The van der Waals surface area contributed by atoms with Crippen molar-refractivity contribution in [3.8, 4) is 0 Å². The SMILES string of the molecule is CCOCC1(O)O[C@H](CO)[C@@H](O)[C@@H]1O. The third-order valence-electron chi connectivity index (χ3n) is 2.21. The molecule has 1 unspecified atom stereocenters. The molecular formula is C8H16O6. The first-order valence-electron chi connectivity index (χ1n) is 4.50. The molecule has 0 aliphatic carbocycles. The van der Waals surface area contributed by atoms with Gasteiger partial charge in [0.05, 0.1) is 6.61 Å². The van der Waals surface area contributed by atoms with E-state index in [2.05, 4.69) is 0 Å². The molecule has 84 valence electrons. The van der Waals surface area contributed by atoms with Gasteiger partial charge >= 0.3 is 0 Å². The predicted octanol–water partition coefficient (Wildman–Crippen LogP) is -2.18. The topological polar surface area (TPSA) is 99.4 Å². The summed E-state index contributed by atoms with van der Waals surface area (Å²) in [5.74, 6) is -1.93. The van der Waals surface area contributed by atoms with E-state index < -0.39 is 30.7 Å². The van der Waals surface area contributed by atoms with E-state index in [1.807, 2.05) is 0 Å². The van der Waals surface area contributed by atoms with Crippen LogP contribution in [-0.4, -0.2) is 64.3 Å². The fraction of sp³-hybridized carbons (Fsp3) is 1.00. The minimum Gasteiger partial charge on any atom is -0.394 e. The molecule has 0 aromatic carbocycles. The lowest BCUT2D eigenvalue weighted by Crippen LogP contribution is -2.46. The van der Waals surface area contributed by atoms with Crippen LogP contribution >= 0.6 is 0 Å². The normalized spacial score (nSPS) is 43.1. The van der Waals surface area contributed by atoms with E-state index in [-0.39, 0.29) is 6.61 Å². The summed E-state index contributed by atoms with van der Waals surface area (Å²) in [5, 5.41) is 37.2. The molecule has 0 amide bonds. The molecule has 0 bridgehead atoms. The minimum atomic E-state index is -1.93. The summed E-state index contributed by atoms with van der Waals surface area (Å²) in [5.41, 5.74) is 0. The first kappa shape index (κ1) is 11.8. The Bertz CT molecular complexity index is 187. The van der Waals surface area contributed by atoms with Crippen LogP contribution in [0.2, 0.25) is 0 Å². The maximum Gasteiger partial charge on any atom is 0.219 e. The molecule has 6 nitrogen and oxygen atoms in total. The number of ether oxygens (including phenoxy) is 2. The quantitative estimate of drug-likeness (QED) is 0.419. The van der Waals surface area contributed by atoms with E-state index in [0.29, 0.717) is 6.61 Å². The van der Waals surface area contributed by atoms with Crippen LogP contribution in [0.5, 0.6) is 0 Å². The molecular weight excluding hydrogens is 192 g/mol. The van der Waals surface area contributed by atoms with Crippen molar-refractivity contribution in [1.29, 1.82) is 0 Å². The Hall–Kier alpha value is -0.240. The van der Waals surface area contributed by atoms with Gasteiger partial charge in [-0.3, -0.25) is 0 Å². The highest BCUT2D eigenvalue weighted by molar-refractivity contribution is 4.95. The average Bonchev–Trinajstić information content (AvgIpc) is 2.40. The summed E-state index contributed by atoms with van der Waals surface area (Å²) in [4.78, 5) is 0. The van der Waals surface area contributed by atoms with Gasteiger partial charge in [-0.1, -0.05) is 0 Å². The molecule has 0 aromatic rings. The number of hydrogen-bond donors (Lipinski definition) is 4.